The molecule has 0 saturated carbocycles. The minimum absolute atomic E-state index is 0.00840. The van der Waals surface area contributed by atoms with E-state index in [2.05, 4.69) is 18.7 Å². The number of aromatic nitrogens is 1. The van der Waals surface area contributed by atoms with Crippen LogP contribution in [-0.2, 0) is 19.4 Å². The molecular formula is C25H28N2O3. The van der Waals surface area contributed by atoms with Crippen molar-refractivity contribution in [2.75, 3.05) is 14.2 Å². The highest BCUT2D eigenvalue weighted by atomic mass is 16.5. The van der Waals surface area contributed by atoms with Gasteiger partial charge in [-0.2, -0.15) is 0 Å². The van der Waals surface area contributed by atoms with E-state index in [9.17, 15) is 9.59 Å². The summed E-state index contributed by atoms with van der Waals surface area (Å²) >= 11 is 0. The third-order valence-electron chi connectivity index (χ3n) is 6.24. The Balaban J connectivity index is 1.74. The van der Waals surface area contributed by atoms with Crippen molar-refractivity contribution in [3.63, 3.8) is 0 Å². The Hall–Kier alpha value is -3.08. The molecule has 30 heavy (non-hydrogen) atoms. The fourth-order valence-electron chi connectivity index (χ4n) is 4.72. The quantitative estimate of drug-likeness (QED) is 0.704. The van der Waals surface area contributed by atoms with Crippen LogP contribution in [0.3, 0.4) is 0 Å². The molecule has 1 aromatic carbocycles. The molecule has 0 radical (unpaired) electrons. The maximum atomic E-state index is 13.6. The number of carbonyl (C=O) groups excluding carboxylic acids is 1. The van der Waals surface area contributed by atoms with Crippen LogP contribution in [0.15, 0.2) is 47.4 Å². The SMILES string of the molecule is C=CCn1cc(C(=O)N(C)C2CCCc3cc(OC)ccc32)c2c(c1=O)CC(C)=C2. The summed E-state index contributed by atoms with van der Waals surface area (Å²) in [5.74, 6) is 0.794. The molecule has 1 aromatic heterocycles. The molecule has 4 rings (SSSR count). The van der Waals surface area contributed by atoms with Gasteiger partial charge in [-0.1, -0.05) is 23.8 Å². The summed E-state index contributed by atoms with van der Waals surface area (Å²) in [7, 11) is 3.54. The molecule has 1 unspecified atom stereocenters. The highest BCUT2D eigenvalue weighted by Crippen LogP contribution is 2.37. The Morgan fingerprint density at radius 1 is 1.40 bits per heavy atom. The van der Waals surface area contributed by atoms with Gasteiger partial charge in [0.05, 0.1) is 18.7 Å². The fourth-order valence-corrected chi connectivity index (χ4v) is 4.72. The molecule has 1 amide bonds. The first-order chi connectivity index (χ1) is 14.4. The van der Waals surface area contributed by atoms with Crippen LogP contribution in [0.5, 0.6) is 5.75 Å². The van der Waals surface area contributed by atoms with Crippen LogP contribution in [0.4, 0.5) is 0 Å². The van der Waals surface area contributed by atoms with Gasteiger partial charge >= 0.3 is 0 Å². The Morgan fingerprint density at radius 3 is 2.93 bits per heavy atom. The number of carbonyl (C=O) groups is 1. The molecule has 2 aromatic rings. The van der Waals surface area contributed by atoms with Crippen molar-refractivity contribution in [2.45, 2.75) is 45.2 Å². The smallest absolute Gasteiger partial charge is 0.256 e. The molecule has 0 bridgehead atoms. The zero-order valence-electron chi connectivity index (χ0n) is 17.9. The third-order valence-corrected chi connectivity index (χ3v) is 6.24. The monoisotopic (exact) mass is 404 g/mol. The predicted molar refractivity (Wildman–Crippen MR) is 119 cm³/mol. The van der Waals surface area contributed by atoms with Crippen LogP contribution in [0, 0.1) is 0 Å². The van der Waals surface area contributed by atoms with E-state index in [1.165, 1.54) is 11.1 Å². The zero-order chi connectivity index (χ0) is 21.4. The van der Waals surface area contributed by atoms with E-state index in [1.54, 1.807) is 23.9 Å². The summed E-state index contributed by atoms with van der Waals surface area (Å²) < 4.78 is 6.97. The maximum absolute atomic E-state index is 13.6. The Bertz CT molecular complexity index is 1110. The standard InChI is InChI=1S/C25H28N2O3/c1-5-11-27-15-22(20-12-16(2)13-21(20)25(27)29)24(28)26(3)23-8-6-7-17-14-18(30-4)9-10-19(17)23/h5,9-10,12,14-15,23H,1,6-8,11,13H2,2-4H3. The number of allylic oxidation sites excluding steroid dienone is 2. The van der Waals surface area contributed by atoms with Crippen LogP contribution in [-0.4, -0.2) is 29.5 Å². The summed E-state index contributed by atoms with van der Waals surface area (Å²) in [4.78, 5) is 28.3. The van der Waals surface area contributed by atoms with E-state index in [1.807, 2.05) is 31.0 Å². The van der Waals surface area contributed by atoms with E-state index in [0.717, 1.165) is 36.1 Å². The van der Waals surface area contributed by atoms with Gasteiger partial charge in [0, 0.05) is 25.4 Å². The number of hydrogen-bond acceptors (Lipinski definition) is 3. The van der Waals surface area contributed by atoms with Gasteiger partial charge in [0.25, 0.3) is 11.5 Å². The average molecular weight is 405 g/mol. The largest absolute Gasteiger partial charge is 0.497 e. The average Bonchev–Trinajstić information content (AvgIpc) is 3.15. The molecule has 2 aliphatic carbocycles. The van der Waals surface area contributed by atoms with Gasteiger partial charge in [-0.15, -0.1) is 6.58 Å². The van der Waals surface area contributed by atoms with Crippen molar-refractivity contribution in [1.29, 1.82) is 0 Å². The first-order valence-electron chi connectivity index (χ1n) is 10.4. The van der Waals surface area contributed by atoms with Gasteiger partial charge < -0.3 is 14.2 Å². The van der Waals surface area contributed by atoms with Crippen molar-refractivity contribution in [3.05, 3.63) is 80.8 Å². The molecule has 0 aliphatic heterocycles. The van der Waals surface area contributed by atoms with E-state index < -0.39 is 0 Å². The van der Waals surface area contributed by atoms with E-state index in [0.29, 0.717) is 24.1 Å². The molecule has 0 spiro atoms. The molecule has 0 fully saturated rings. The normalized spacial score (nSPS) is 17.0. The number of benzene rings is 1. The third kappa shape index (κ3) is 3.38. The molecule has 156 valence electrons. The Kier molecular flexibility index (Phi) is 5.37. The summed E-state index contributed by atoms with van der Waals surface area (Å²) in [5, 5.41) is 0. The van der Waals surface area contributed by atoms with Crippen LogP contribution in [0.2, 0.25) is 0 Å². The van der Waals surface area contributed by atoms with Crippen LogP contribution in [0.1, 0.15) is 58.4 Å². The Morgan fingerprint density at radius 2 is 2.20 bits per heavy atom. The number of ether oxygens (including phenoxy) is 1. The molecule has 1 heterocycles. The number of aryl methyl sites for hydroxylation is 1. The zero-order valence-corrected chi connectivity index (χ0v) is 17.9. The minimum Gasteiger partial charge on any atom is -0.497 e. The van der Waals surface area contributed by atoms with Crippen molar-refractivity contribution >= 4 is 12.0 Å². The fraction of sp³-hybridized carbons (Fsp3) is 0.360. The molecule has 1 atom stereocenters. The number of methoxy groups -OCH3 is 1. The van der Waals surface area contributed by atoms with Crippen molar-refractivity contribution in [1.82, 2.24) is 9.47 Å². The second-order valence-corrected chi connectivity index (χ2v) is 8.24. The number of fused-ring (bicyclic) bond motifs is 2. The predicted octanol–water partition coefficient (Wildman–Crippen LogP) is 4.15. The lowest BCUT2D eigenvalue weighted by molar-refractivity contribution is 0.0713. The number of nitrogens with zero attached hydrogens (tertiary/aromatic N) is 2. The minimum atomic E-state index is -0.0521. The summed E-state index contributed by atoms with van der Waals surface area (Å²) in [6.45, 7) is 6.14. The summed E-state index contributed by atoms with van der Waals surface area (Å²) in [6.07, 6.45) is 8.91. The maximum Gasteiger partial charge on any atom is 0.256 e. The highest BCUT2D eigenvalue weighted by molar-refractivity contribution is 5.99. The molecule has 5 nitrogen and oxygen atoms in total. The number of rotatable bonds is 5. The first-order valence-corrected chi connectivity index (χ1v) is 10.4. The first kappa shape index (κ1) is 20.2. The lowest BCUT2D eigenvalue weighted by atomic mass is 9.86. The Labute approximate surface area is 177 Å². The summed E-state index contributed by atoms with van der Waals surface area (Å²) in [5.41, 5.74) is 5.57. The van der Waals surface area contributed by atoms with Gasteiger partial charge in [-0.3, -0.25) is 9.59 Å². The van der Waals surface area contributed by atoms with Crippen LogP contribution >= 0.6 is 0 Å². The number of amides is 1. The topological polar surface area (TPSA) is 51.5 Å². The van der Waals surface area contributed by atoms with Crippen molar-refractivity contribution in [3.8, 4) is 5.75 Å². The summed E-state index contributed by atoms with van der Waals surface area (Å²) in [6, 6.07) is 6.13. The van der Waals surface area contributed by atoms with Gasteiger partial charge in [0.1, 0.15) is 5.75 Å². The van der Waals surface area contributed by atoms with Gasteiger partial charge in [-0.25, -0.2) is 0 Å². The van der Waals surface area contributed by atoms with E-state index in [4.69, 9.17) is 4.74 Å². The highest BCUT2D eigenvalue weighted by Gasteiger charge is 2.30. The van der Waals surface area contributed by atoms with Gasteiger partial charge in [-0.05, 0) is 61.4 Å². The van der Waals surface area contributed by atoms with Crippen molar-refractivity contribution in [2.24, 2.45) is 0 Å². The van der Waals surface area contributed by atoms with Gasteiger partial charge in [0.15, 0.2) is 0 Å². The second kappa shape index (κ2) is 7.98. The lowest BCUT2D eigenvalue weighted by Crippen LogP contribution is -2.35. The molecule has 2 aliphatic rings. The molecule has 0 saturated heterocycles. The van der Waals surface area contributed by atoms with Crippen LogP contribution < -0.4 is 10.3 Å². The number of pyridine rings is 1. The molecular weight excluding hydrogens is 376 g/mol. The lowest BCUT2D eigenvalue weighted by Gasteiger charge is -2.34. The number of hydrogen-bond donors (Lipinski definition) is 0. The molecule has 0 N–H and O–H groups in total. The van der Waals surface area contributed by atoms with Crippen molar-refractivity contribution < 1.29 is 9.53 Å². The van der Waals surface area contributed by atoms with Crippen LogP contribution in [0.25, 0.3) is 6.08 Å². The second-order valence-electron chi connectivity index (χ2n) is 8.24. The van der Waals surface area contributed by atoms with E-state index >= 15 is 0 Å². The van der Waals surface area contributed by atoms with Gasteiger partial charge in [0.2, 0.25) is 0 Å². The molecule has 5 heteroatoms. The van der Waals surface area contributed by atoms with E-state index in [-0.39, 0.29) is 17.5 Å².